The van der Waals surface area contributed by atoms with Crippen LogP contribution in [-0.4, -0.2) is 134 Å². The Bertz CT molecular complexity index is 2480. The summed E-state index contributed by atoms with van der Waals surface area (Å²) in [5.41, 5.74) is 1.61. The van der Waals surface area contributed by atoms with Gasteiger partial charge in [-0.05, 0) is 54.4 Å². The number of aromatic nitrogens is 1. The molecule has 1 fully saturated rings. The van der Waals surface area contributed by atoms with Crippen molar-refractivity contribution in [2.75, 3.05) is 78.0 Å². The summed E-state index contributed by atoms with van der Waals surface area (Å²) in [5, 5.41) is 17.4. The van der Waals surface area contributed by atoms with Crippen LogP contribution in [0.3, 0.4) is 0 Å². The Morgan fingerprint density at radius 1 is 0.862 bits per heavy atom. The second kappa shape index (κ2) is 22.3. The van der Waals surface area contributed by atoms with Crippen molar-refractivity contribution in [3.63, 3.8) is 0 Å². The molecule has 0 radical (unpaired) electrons. The lowest BCUT2D eigenvalue weighted by atomic mass is 10.0. The fraction of sp³-hybridized carbons (Fsp3) is 0.356. The number of carbonyl (C=O) groups excluding carboxylic acids is 6. The topological polar surface area (TPSA) is 221 Å². The molecule has 7 rings (SSSR count). The van der Waals surface area contributed by atoms with E-state index in [4.69, 9.17) is 28.4 Å². The Morgan fingerprint density at radius 2 is 1.55 bits per heavy atom. The van der Waals surface area contributed by atoms with Crippen molar-refractivity contribution >= 4 is 51.9 Å². The number of rotatable bonds is 22. The maximum atomic E-state index is 14.3. The van der Waals surface area contributed by atoms with Crippen LogP contribution in [0.25, 0.3) is 0 Å². The highest BCUT2D eigenvalue weighted by Crippen LogP contribution is 2.37. The number of anilines is 1. The van der Waals surface area contributed by atoms with Gasteiger partial charge in [0.05, 0.1) is 76.2 Å². The van der Waals surface area contributed by atoms with Gasteiger partial charge in [0, 0.05) is 35.7 Å². The first-order valence-corrected chi connectivity index (χ1v) is 21.5. The van der Waals surface area contributed by atoms with E-state index < -0.39 is 53.3 Å². The Kier molecular flexibility index (Phi) is 15.9. The molecule has 2 atom stereocenters. The van der Waals surface area contributed by atoms with Crippen LogP contribution in [-0.2, 0) is 44.6 Å². The molecule has 4 heterocycles. The fourth-order valence-electron chi connectivity index (χ4n) is 7.24. The summed E-state index contributed by atoms with van der Waals surface area (Å²) >= 11 is 1.18. The van der Waals surface area contributed by atoms with Gasteiger partial charge in [-0.25, -0.2) is 9.37 Å². The molecule has 3 aliphatic heterocycles. The second-order valence-electron chi connectivity index (χ2n) is 14.5. The molecular formula is C45H44FN5O13S. The zero-order valence-electron chi connectivity index (χ0n) is 34.9. The van der Waals surface area contributed by atoms with Crippen LogP contribution in [0.1, 0.15) is 66.6 Å². The van der Waals surface area contributed by atoms with E-state index in [9.17, 15) is 38.3 Å². The minimum atomic E-state index is -1.36. The number of nitrogens with one attached hydrogen (secondary N) is 2. The van der Waals surface area contributed by atoms with Gasteiger partial charge in [-0.1, -0.05) is 24.0 Å². The summed E-state index contributed by atoms with van der Waals surface area (Å²) in [6, 6.07) is 10.5. The molecule has 0 aliphatic carbocycles. The molecule has 0 bridgehead atoms. The molecule has 0 spiro atoms. The molecule has 3 aromatic carbocycles. The van der Waals surface area contributed by atoms with Gasteiger partial charge >= 0.3 is 0 Å². The van der Waals surface area contributed by atoms with E-state index in [2.05, 4.69) is 27.5 Å². The predicted molar refractivity (Wildman–Crippen MR) is 227 cm³/mol. The van der Waals surface area contributed by atoms with Gasteiger partial charge in [-0.3, -0.25) is 44.3 Å². The first-order valence-electron chi connectivity index (χ1n) is 20.6. The maximum Gasteiger partial charge on any atom is 0.262 e. The number of hydrogen-bond donors (Lipinski definition) is 3. The summed E-state index contributed by atoms with van der Waals surface area (Å²) < 4.78 is 47.7. The average Bonchev–Trinajstić information content (AvgIpc) is 3.99. The number of benzene rings is 3. The number of piperidine rings is 1. The van der Waals surface area contributed by atoms with Gasteiger partial charge in [-0.2, -0.15) is 0 Å². The molecule has 1 aromatic heterocycles. The van der Waals surface area contributed by atoms with Crippen LogP contribution in [0.15, 0.2) is 66.2 Å². The van der Waals surface area contributed by atoms with Crippen molar-refractivity contribution in [1.29, 1.82) is 0 Å². The lowest BCUT2D eigenvalue weighted by molar-refractivity contribution is -0.136. The molecule has 1 saturated heterocycles. The highest BCUT2D eigenvalue weighted by molar-refractivity contribution is 7.13. The van der Waals surface area contributed by atoms with E-state index in [-0.39, 0.29) is 73.4 Å². The predicted octanol–water partition coefficient (Wildman–Crippen LogP) is 3.24. The smallest absolute Gasteiger partial charge is 0.262 e. The number of thiazole rings is 1. The first-order chi connectivity index (χ1) is 31.6. The Labute approximate surface area is 375 Å². The number of amides is 6. The molecule has 1 unspecified atom stereocenters. The number of carbonyl (C=O) groups is 6. The Morgan fingerprint density at radius 3 is 2.25 bits per heavy atom. The summed E-state index contributed by atoms with van der Waals surface area (Å²) in [6.45, 7) is 3.18. The molecule has 0 saturated carbocycles. The van der Waals surface area contributed by atoms with E-state index in [0.717, 1.165) is 23.1 Å². The maximum absolute atomic E-state index is 14.3. The van der Waals surface area contributed by atoms with Crippen LogP contribution < -0.4 is 15.4 Å². The van der Waals surface area contributed by atoms with Gasteiger partial charge in [0.2, 0.25) is 11.8 Å². The van der Waals surface area contributed by atoms with Crippen molar-refractivity contribution in [1.82, 2.24) is 20.1 Å². The summed E-state index contributed by atoms with van der Waals surface area (Å²) in [4.78, 5) is 83.2. The fourth-order valence-corrected chi connectivity index (χ4v) is 7.77. The van der Waals surface area contributed by atoms with Crippen molar-refractivity contribution in [2.45, 2.75) is 31.5 Å². The zero-order chi connectivity index (χ0) is 45.7. The van der Waals surface area contributed by atoms with Crippen LogP contribution in [0.4, 0.5) is 9.52 Å². The number of hydrogen-bond acceptors (Lipinski definition) is 15. The largest absolute Gasteiger partial charge is 0.508 e. The molecule has 20 heteroatoms. The number of fused-ring (bicyclic) bond motifs is 2. The lowest BCUT2D eigenvalue weighted by Crippen LogP contribution is -2.54. The van der Waals surface area contributed by atoms with Gasteiger partial charge in [0.15, 0.2) is 5.13 Å². The number of imide groups is 2. The van der Waals surface area contributed by atoms with E-state index >= 15 is 0 Å². The summed E-state index contributed by atoms with van der Waals surface area (Å²) in [5.74, 6) is 1.78. The van der Waals surface area contributed by atoms with Crippen molar-refractivity contribution in [3.05, 3.63) is 105 Å². The third-order valence-electron chi connectivity index (χ3n) is 10.3. The molecule has 3 N–H and O–H groups in total. The van der Waals surface area contributed by atoms with E-state index in [1.807, 2.05) is 0 Å². The molecular weight excluding hydrogens is 870 g/mol. The van der Waals surface area contributed by atoms with Gasteiger partial charge in [-0.15, -0.1) is 11.3 Å². The van der Waals surface area contributed by atoms with Crippen LogP contribution in [0.2, 0.25) is 0 Å². The lowest BCUT2D eigenvalue weighted by Gasteiger charge is -2.27. The average molecular weight is 914 g/mol. The Hall–Kier alpha value is -6.60. The SMILES string of the molecule is O=C1CCC(N2C(=O)c3ccc(OCCOCCOCCOCCOCCOCC#Cc4cccc5c4C(=O)N([C@@H](C(=O)Nc4nccs4)c4cc(F)ccc4O)C5)cc3C2=O)C(=O)N1. The van der Waals surface area contributed by atoms with Crippen molar-refractivity contribution in [2.24, 2.45) is 0 Å². The van der Waals surface area contributed by atoms with E-state index in [1.54, 1.807) is 29.6 Å². The third kappa shape index (κ3) is 11.6. The van der Waals surface area contributed by atoms with Gasteiger partial charge in [0.1, 0.15) is 42.6 Å². The number of phenols is 1. The van der Waals surface area contributed by atoms with Crippen LogP contribution in [0, 0.1) is 17.7 Å². The number of halogens is 1. The molecule has 6 amide bonds. The molecule has 65 heavy (non-hydrogen) atoms. The highest BCUT2D eigenvalue weighted by Gasteiger charge is 2.45. The summed E-state index contributed by atoms with van der Waals surface area (Å²) in [7, 11) is 0. The van der Waals surface area contributed by atoms with Crippen molar-refractivity contribution in [3.8, 4) is 23.3 Å². The Balaban J connectivity index is 0.722. The van der Waals surface area contributed by atoms with Crippen LogP contribution in [0.5, 0.6) is 11.5 Å². The second-order valence-corrected chi connectivity index (χ2v) is 15.4. The number of phenolic OH excluding ortho intramolecular Hbond substituents is 1. The minimum Gasteiger partial charge on any atom is -0.508 e. The number of nitrogens with zero attached hydrogens (tertiary/aromatic N) is 3. The normalized spacial score (nSPS) is 16.0. The molecule has 18 nitrogen and oxygen atoms in total. The van der Waals surface area contributed by atoms with Crippen LogP contribution >= 0.6 is 11.3 Å². The van der Waals surface area contributed by atoms with Gasteiger partial charge < -0.3 is 38.4 Å². The zero-order valence-corrected chi connectivity index (χ0v) is 35.7. The minimum absolute atomic E-state index is 0.0311. The van der Waals surface area contributed by atoms with Gasteiger partial charge in [0.25, 0.3) is 23.6 Å². The standard InChI is InChI=1S/C45H44FN5O13S/c46-30-6-10-36(52)34(25-30)39(41(55)49-45-47-12-24-65-45)50-27-29-4-1-3-28(38(29)44(50)58)5-2-13-59-14-15-60-16-17-61-18-19-62-20-21-63-22-23-64-31-7-8-32-33(26-31)43(57)51(42(32)56)35-9-11-37(53)48-40(35)54/h1,3-4,6-8,10,12,24-26,35,39,52H,9,11,13-23,27H2,(H,47,49,55)(H,48,53,54)/t35?,39-/m1/s1. The molecule has 340 valence electrons. The van der Waals surface area contributed by atoms with E-state index in [0.29, 0.717) is 68.7 Å². The number of aromatic hydroxyl groups is 1. The molecule has 4 aromatic rings. The number of ether oxygens (including phenoxy) is 6. The van der Waals surface area contributed by atoms with E-state index in [1.165, 1.54) is 34.6 Å². The monoisotopic (exact) mass is 913 g/mol. The molecule has 3 aliphatic rings. The first kappa shape index (κ1) is 46.4. The van der Waals surface area contributed by atoms with Crippen molar-refractivity contribution < 1.29 is 66.7 Å². The summed E-state index contributed by atoms with van der Waals surface area (Å²) in [6.07, 6.45) is 1.63. The highest BCUT2D eigenvalue weighted by atomic mass is 32.1. The quantitative estimate of drug-likeness (QED) is 0.0586. The third-order valence-corrected chi connectivity index (χ3v) is 11.0.